The first-order valence-electron chi connectivity index (χ1n) is 12.6. The predicted octanol–water partition coefficient (Wildman–Crippen LogP) is 2.64. The summed E-state index contributed by atoms with van der Waals surface area (Å²) in [5, 5.41) is 18.1. The highest BCUT2D eigenvalue weighted by Crippen LogP contribution is 2.38. The third-order valence-electron chi connectivity index (χ3n) is 6.57. The van der Waals surface area contributed by atoms with Crippen LogP contribution in [0.4, 0.5) is 11.9 Å². The molecule has 13 nitrogen and oxygen atoms in total. The van der Waals surface area contributed by atoms with Gasteiger partial charge in [0.25, 0.3) is 0 Å². The van der Waals surface area contributed by atoms with E-state index in [1.807, 2.05) is 19.9 Å². The highest BCUT2D eigenvalue weighted by Gasteiger charge is 2.37. The summed E-state index contributed by atoms with van der Waals surface area (Å²) in [5.74, 6) is 2.32. The number of β-amino-alcohol motifs (C(OH)–C–C–N with tert-alkyl or cyclic N) is 1. The maximum atomic E-state index is 13.8. The van der Waals surface area contributed by atoms with Gasteiger partial charge in [-0.25, -0.2) is 18.4 Å². The van der Waals surface area contributed by atoms with E-state index in [9.17, 15) is 13.5 Å². The minimum atomic E-state index is -4.11. The van der Waals surface area contributed by atoms with Gasteiger partial charge in [-0.05, 0) is 57.5 Å². The zero-order valence-electron chi connectivity index (χ0n) is 22.8. The number of methoxy groups -OCH3 is 2. The lowest BCUT2D eigenvalue weighted by atomic mass is 10.1. The van der Waals surface area contributed by atoms with Crippen LogP contribution in [0.2, 0.25) is 0 Å². The van der Waals surface area contributed by atoms with Gasteiger partial charge in [-0.15, -0.1) is 10.2 Å². The summed E-state index contributed by atoms with van der Waals surface area (Å²) >= 11 is 0. The van der Waals surface area contributed by atoms with Gasteiger partial charge in [0.1, 0.15) is 28.2 Å². The first-order valence-corrected chi connectivity index (χ1v) is 14.1. The number of ether oxygens (including phenoxy) is 2. The number of anilines is 2. The molecule has 0 radical (unpaired) electrons. The average molecular weight is 570 g/mol. The standard InChI is InChI=1S/C26H31N7O6S/c1-15-11-16(2)28-25(27-15)32-13-18(34)12-19(14-32)40(35,36)31-26-30-29-24(22-10-9-17(3)39-22)33(26)23-20(37-4)7-6-8-21(23)38-5/h6-11,18-19,34H,12-14H2,1-5H3,(H,30,31). The first-order chi connectivity index (χ1) is 19.1. The van der Waals surface area contributed by atoms with Crippen molar-refractivity contribution in [1.82, 2.24) is 24.7 Å². The molecule has 5 rings (SSSR count). The number of nitrogens with one attached hydrogen (secondary N) is 1. The lowest BCUT2D eigenvalue weighted by Gasteiger charge is -2.35. The molecule has 2 unspecified atom stereocenters. The summed E-state index contributed by atoms with van der Waals surface area (Å²) in [6.45, 7) is 5.75. The molecule has 0 amide bonds. The summed E-state index contributed by atoms with van der Waals surface area (Å²) < 4.78 is 48.7. The monoisotopic (exact) mass is 569 g/mol. The fourth-order valence-corrected chi connectivity index (χ4v) is 6.21. The van der Waals surface area contributed by atoms with Gasteiger partial charge in [0.2, 0.25) is 27.7 Å². The quantitative estimate of drug-likeness (QED) is 0.321. The number of hydrogen-bond donors (Lipinski definition) is 2. The Kier molecular flexibility index (Phi) is 7.38. The van der Waals surface area contributed by atoms with Gasteiger partial charge in [0, 0.05) is 24.5 Å². The number of sulfonamides is 1. The lowest BCUT2D eigenvalue weighted by molar-refractivity contribution is 0.154. The minimum absolute atomic E-state index is 0.0208. The third kappa shape index (κ3) is 5.31. The molecule has 1 saturated heterocycles. The van der Waals surface area contributed by atoms with Crippen molar-refractivity contribution in [3.05, 3.63) is 53.5 Å². The van der Waals surface area contributed by atoms with Gasteiger partial charge < -0.3 is 23.9 Å². The highest BCUT2D eigenvalue weighted by atomic mass is 32.2. The van der Waals surface area contributed by atoms with Crippen LogP contribution in [-0.4, -0.2) is 76.9 Å². The van der Waals surface area contributed by atoms with Crippen molar-refractivity contribution in [2.45, 2.75) is 38.5 Å². The van der Waals surface area contributed by atoms with E-state index in [0.717, 1.165) is 11.4 Å². The van der Waals surface area contributed by atoms with Crippen LogP contribution in [0.1, 0.15) is 23.6 Å². The van der Waals surface area contributed by atoms with Gasteiger partial charge in [-0.3, -0.25) is 9.29 Å². The van der Waals surface area contributed by atoms with Crippen LogP contribution in [0.25, 0.3) is 17.3 Å². The van der Waals surface area contributed by atoms with Crippen molar-refractivity contribution in [3.63, 3.8) is 0 Å². The number of hydrogen-bond acceptors (Lipinski definition) is 11. The maximum absolute atomic E-state index is 13.8. The van der Waals surface area contributed by atoms with Crippen LogP contribution < -0.4 is 19.1 Å². The summed E-state index contributed by atoms with van der Waals surface area (Å²) in [6.07, 6.45) is -0.888. The number of aliphatic hydroxyl groups is 1. The number of para-hydroxylation sites is 1. The molecule has 212 valence electrons. The van der Waals surface area contributed by atoms with Gasteiger partial charge in [0.15, 0.2) is 5.76 Å². The number of furan rings is 1. The molecule has 0 bridgehead atoms. The van der Waals surface area contributed by atoms with Crippen molar-refractivity contribution in [3.8, 4) is 28.8 Å². The Bertz CT molecular complexity index is 1590. The third-order valence-corrected chi connectivity index (χ3v) is 8.25. The summed E-state index contributed by atoms with van der Waals surface area (Å²) in [4.78, 5) is 10.6. The van der Waals surface area contributed by atoms with E-state index >= 15 is 0 Å². The Morgan fingerprint density at radius 1 is 1.00 bits per heavy atom. The number of benzene rings is 1. The van der Waals surface area contributed by atoms with E-state index in [4.69, 9.17) is 13.9 Å². The van der Waals surface area contributed by atoms with Gasteiger partial charge in [-0.1, -0.05) is 6.07 Å². The normalized spacial score (nSPS) is 17.6. The second kappa shape index (κ2) is 10.8. The number of rotatable bonds is 8. The number of piperidine rings is 1. The minimum Gasteiger partial charge on any atom is -0.494 e. The Hall–Kier alpha value is -4.17. The molecule has 4 aromatic rings. The number of aromatic nitrogens is 5. The largest absolute Gasteiger partial charge is 0.494 e. The van der Waals surface area contributed by atoms with Gasteiger partial charge in [-0.2, -0.15) is 0 Å². The van der Waals surface area contributed by atoms with Crippen LogP contribution in [0.5, 0.6) is 11.5 Å². The van der Waals surface area contributed by atoms with E-state index < -0.39 is 21.4 Å². The Labute approximate surface area is 231 Å². The van der Waals surface area contributed by atoms with E-state index in [0.29, 0.717) is 34.7 Å². The van der Waals surface area contributed by atoms with Crippen molar-refractivity contribution in [2.24, 2.45) is 0 Å². The zero-order valence-corrected chi connectivity index (χ0v) is 23.6. The first kappa shape index (κ1) is 27.4. The molecule has 14 heteroatoms. The molecule has 1 aliphatic heterocycles. The molecule has 1 aliphatic rings. The molecule has 4 heterocycles. The summed E-state index contributed by atoms with van der Waals surface area (Å²) in [6, 6.07) is 10.5. The topological polar surface area (TPSA) is 158 Å². The molecule has 1 fully saturated rings. The maximum Gasteiger partial charge on any atom is 0.243 e. The highest BCUT2D eigenvalue weighted by molar-refractivity contribution is 7.93. The average Bonchev–Trinajstić information content (AvgIpc) is 3.52. The molecule has 2 atom stereocenters. The molecule has 1 aromatic carbocycles. The molecule has 2 N–H and O–H groups in total. The van der Waals surface area contributed by atoms with E-state index in [1.54, 1.807) is 42.2 Å². The van der Waals surface area contributed by atoms with Crippen LogP contribution in [0.15, 0.2) is 40.8 Å². The van der Waals surface area contributed by atoms with Crippen molar-refractivity contribution >= 4 is 21.9 Å². The molecule has 0 aliphatic carbocycles. The van der Waals surface area contributed by atoms with Gasteiger partial charge in [0.05, 0.1) is 20.3 Å². The van der Waals surface area contributed by atoms with Crippen molar-refractivity contribution in [2.75, 3.05) is 36.9 Å². The molecule has 3 aromatic heterocycles. The number of nitrogens with zero attached hydrogens (tertiary/aromatic N) is 6. The lowest BCUT2D eigenvalue weighted by Crippen LogP contribution is -2.50. The number of aryl methyl sites for hydroxylation is 3. The Morgan fingerprint density at radius 3 is 2.27 bits per heavy atom. The molecular weight excluding hydrogens is 538 g/mol. The second-order valence-electron chi connectivity index (χ2n) is 9.62. The van der Waals surface area contributed by atoms with Crippen molar-refractivity contribution < 1.29 is 27.4 Å². The van der Waals surface area contributed by atoms with Crippen LogP contribution in [-0.2, 0) is 10.0 Å². The smallest absolute Gasteiger partial charge is 0.243 e. The van der Waals surface area contributed by atoms with E-state index in [1.165, 1.54) is 18.8 Å². The molecule has 40 heavy (non-hydrogen) atoms. The van der Waals surface area contributed by atoms with Crippen LogP contribution in [0.3, 0.4) is 0 Å². The fraction of sp³-hybridized carbons (Fsp3) is 0.385. The van der Waals surface area contributed by atoms with E-state index in [2.05, 4.69) is 24.9 Å². The predicted molar refractivity (Wildman–Crippen MR) is 148 cm³/mol. The second-order valence-corrected chi connectivity index (χ2v) is 11.6. The number of aliphatic hydroxyl groups excluding tert-OH is 1. The van der Waals surface area contributed by atoms with Crippen molar-refractivity contribution in [1.29, 1.82) is 0 Å². The molecular formula is C26H31N7O6S. The SMILES string of the molecule is COc1cccc(OC)c1-n1c(NS(=O)(=O)C2CC(O)CN(c3nc(C)cc(C)n3)C2)nnc1-c1ccc(C)o1. The molecule has 0 saturated carbocycles. The van der Waals surface area contributed by atoms with Gasteiger partial charge >= 0.3 is 0 Å². The Balaban J connectivity index is 1.56. The van der Waals surface area contributed by atoms with Crippen LogP contribution in [0, 0.1) is 20.8 Å². The van der Waals surface area contributed by atoms with Crippen LogP contribution >= 0.6 is 0 Å². The summed E-state index contributed by atoms with van der Waals surface area (Å²) in [7, 11) is -1.11. The summed E-state index contributed by atoms with van der Waals surface area (Å²) in [5.41, 5.74) is 1.88. The Morgan fingerprint density at radius 2 is 1.68 bits per heavy atom. The zero-order chi connectivity index (χ0) is 28.6. The van der Waals surface area contributed by atoms with E-state index in [-0.39, 0.29) is 31.3 Å². The fourth-order valence-electron chi connectivity index (χ4n) is 4.80. The molecule has 0 spiro atoms.